The molecule has 1 saturated heterocycles. The van der Waals surface area contributed by atoms with Crippen LogP contribution in [0.3, 0.4) is 0 Å². The van der Waals surface area contributed by atoms with E-state index in [0.29, 0.717) is 5.41 Å². The molecule has 20 heavy (non-hydrogen) atoms. The van der Waals surface area contributed by atoms with Gasteiger partial charge in [0.2, 0.25) is 0 Å². The summed E-state index contributed by atoms with van der Waals surface area (Å²) in [6, 6.07) is 1.58. The van der Waals surface area contributed by atoms with Gasteiger partial charge in [-0.1, -0.05) is 40.5 Å². The highest BCUT2D eigenvalue weighted by molar-refractivity contribution is 4.91. The lowest BCUT2D eigenvalue weighted by Crippen LogP contribution is -2.50. The summed E-state index contributed by atoms with van der Waals surface area (Å²) in [5.74, 6) is 0.879. The molecule has 2 fully saturated rings. The summed E-state index contributed by atoms with van der Waals surface area (Å²) < 4.78 is 0. The Morgan fingerprint density at radius 1 is 1.05 bits per heavy atom. The Kier molecular flexibility index (Phi) is 5.92. The van der Waals surface area contributed by atoms with Crippen molar-refractivity contribution in [3.05, 3.63) is 0 Å². The summed E-state index contributed by atoms with van der Waals surface area (Å²) in [6.07, 6.45) is 9.79. The van der Waals surface area contributed by atoms with Crippen LogP contribution in [-0.2, 0) is 0 Å². The molecule has 1 aliphatic heterocycles. The van der Waals surface area contributed by atoms with Gasteiger partial charge in [-0.15, -0.1) is 0 Å². The Morgan fingerprint density at radius 3 is 2.40 bits per heavy atom. The van der Waals surface area contributed by atoms with Crippen LogP contribution in [0.5, 0.6) is 0 Å². The first-order valence-electron chi connectivity index (χ1n) is 8.99. The molecule has 0 aromatic heterocycles. The normalized spacial score (nSPS) is 31.9. The van der Waals surface area contributed by atoms with Crippen molar-refractivity contribution < 1.29 is 0 Å². The Hall–Kier alpha value is -0.0800. The molecule has 2 nitrogen and oxygen atoms in total. The summed E-state index contributed by atoms with van der Waals surface area (Å²) in [5.41, 5.74) is 0.459. The molecule has 2 rings (SSSR count). The summed E-state index contributed by atoms with van der Waals surface area (Å²) in [7, 11) is 0. The quantitative estimate of drug-likeness (QED) is 0.817. The Balaban J connectivity index is 2.04. The Labute approximate surface area is 126 Å². The van der Waals surface area contributed by atoms with Gasteiger partial charge >= 0.3 is 0 Å². The highest BCUT2D eigenvalue weighted by Crippen LogP contribution is 2.40. The average Bonchev–Trinajstić information content (AvgIpc) is 2.90. The number of nitrogens with one attached hydrogen (secondary N) is 1. The zero-order chi connectivity index (χ0) is 14.6. The molecule has 3 atom stereocenters. The SMILES string of the molecule is CCCN(CC1CCCN1)C1CCCCC1C(C)(C)C. The highest BCUT2D eigenvalue weighted by Gasteiger charge is 2.37. The van der Waals surface area contributed by atoms with Gasteiger partial charge in [0.15, 0.2) is 0 Å². The van der Waals surface area contributed by atoms with E-state index in [2.05, 4.69) is 37.9 Å². The predicted molar refractivity (Wildman–Crippen MR) is 88.1 cm³/mol. The molecule has 0 bridgehead atoms. The van der Waals surface area contributed by atoms with E-state index in [1.54, 1.807) is 0 Å². The first-order valence-corrected chi connectivity index (χ1v) is 8.99. The second kappa shape index (κ2) is 7.26. The summed E-state index contributed by atoms with van der Waals surface area (Å²) in [4.78, 5) is 2.85. The number of hydrogen-bond donors (Lipinski definition) is 1. The van der Waals surface area contributed by atoms with E-state index in [1.165, 1.54) is 64.6 Å². The molecular weight excluding hydrogens is 244 g/mol. The van der Waals surface area contributed by atoms with Crippen molar-refractivity contribution in [2.24, 2.45) is 11.3 Å². The largest absolute Gasteiger partial charge is 0.313 e. The third kappa shape index (κ3) is 4.21. The zero-order valence-corrected chi connectivity index (χ0v) is 14.3. The number of nitrogens with zero attached hydrogens (tertiary/aromatic N) is 1. The molecular formula is C18H36N2. The fourth-order valence-corrected chi connectivity index (χ4v) is 4.43. The van der Waals surface area contributed by atoms with Gasteiger partial charge in [-0.3, -0.25) is 4.90 Å². The van der Waals surface area contributed by atoms with Crippen LogP contribution in [0.1, 0.15) is 72.6 Å². The molecule has 0 spiro atoms. The monoisotopic (exact) mass is 280 g/mol. The van der Waals surface area contributed by atoms with Gasteiger partial charge in [-0.05, 0) is 56.5 Å². The van der Waals surface area contributed by atoms with Crippen molar-refractivity contribution in [3.63, 3.8) is 0 Å². The van der Waals surface area contributed by atoms with Crippen LogP contribution in [0.25, 0.3) is 0 Å². The van der Waals surface area contributed by atoms with E-state index < -0.39 is 0 Å². The second-order valence-electron chi connectivity index (χ2n) is 8.11. The highest BCUT2D eigenvalue weighted by atomic mass is 15.2. The lowest BCUT2D eigenvalue weighted by atomic mass is 9.69. The molecule has 2 aliphatic rings. The molecule has 0 amide bonds. The number of hydrogen-bond acceptors (Lipinski definition) is 2. The minimum absolute atomic E-state index is 0.459. The van der Waals surface area contributed by atoms with Crippen LogP contribution in [0.15, 0.2) is 0 Å². The van der Waals surface area contributed by atoms with E-state index in [0.717, 1.165) is 18.0 Å². The third-order valence-electron chi connectivity index (χ3n) is 5.44. The van der Waals surface area contributed by atoms with Crippen molar-refractivity contribution in [3.8, 4) is 0 Å². The first kappa shape index (κ1) is 16.3. The van der Waals surface area contributed by atoms with Crippen molar-refractivity contribution in [2.45, 2.75) is 84.7 Å². The molecule has 1 saturated carbocycles. The molecule has 0 aromatic rings. The minimum atomic E-state index is 0.459. The van der Waals surface area contributed by atoms with Crippen LogP contribution in [0.2, 0.25) is 0 Å². The third-order valence-corrected chi connectivity index (χ3v) is 5.44. The van der Waals surface area contributed by atoms with Gasteiger partial charge in [0, 0.05) is 18.6 Å². The van der Waals surface area contributed by atoms with Crippen molar-refractivity contribution in [1.29, 1.82) is 0 Å². The van der Waals surface area contributed by atoms with Crippen LogP contribution < -0.4 is 5.32 Å². The Morgan fingerprint density at radius 2 is 1.80 bits per heavy atom. The summed E-state index contributed by atoms with van der Waals surface area (Å²) in [5, 5.41) is 3.70. The van der Waals surface area contributed by atoms with Gasteiger partial charge in [0.25, 0.3) is 0 Å². The predicted octanol–water partition coefficient (Wildman–Crippen LogP) is 4.06. The number of rotatable bonds is 5. The minimum Gasteiger partial charge on any atom is -0.313 e. The summed E-state index contributed by atoms with van der Waals surface area (Å²) in [6.45, 7) is 13.5. The zero-order valence-electron chi connectivity index (χ0n) is 14.3. The van der Waals surface area contributed by atoms with Crippen LogP contribution >= 0.6 is 0 Å². The molecule has 1 N–H and O–H groups in total. The van der Waals surface area contributed by atoms with Crippen molar-refractivity contribution in [1.82, 2.24) is 10.2 Å². The lowest BCUT2D eigenvalue weighted by molar-refractivity contribution is 0.0366. The van der Waals surface area contributed by atoms with Crippen LogP contribution in [0, 0.1) is 11.3 Å². The van der Waals surface area contributed by atoms with E-state index in [9.17, 15) is 0 Å². The molecule has 118 valence electrons. The Bertz CT molecular complexity index is 276. The molecule has 0 aromatic carbocycles. The van der Waals surface area contributed by atoms with Gasteiger partial charge < -0.3 is 5.32 Å². The standard InChI is InChI=1S/C18H36N2/c1-5-13-20(14-15-9-8-12-19-15)17-11-7-6-10-16(17)18(2,3)4/h15-17,19H,5-14H2,1-4H3. The smallest absolute Gasteiger partial charge is 0.0195 e. The molecule has 3 unspecified atom stereocenters. The fraction of sp³-hybridized carbons (Fsp3) is 1.00. The fourth-order valence-electron chi connectivity index (χ4n) is 4.43. The maximum absolute atomic E-state index is 3.70. The van der Waals surface area contributed by atoms with E-state index >= 15 is 0 Å². The maximum Gasteiger partial charge on any atom is 0.0195 e. The first-order chi connectivity index (χ1) is 9.52. The van der Waals surface area contributed by atoms with E-state index in [1.807, 2.05) is 0 Å². The topological polar surface area (TPSA) is 15.3 Å². The van der Waals surface area contributed by atoms with Crippen LogP contribution in [-0.4, -0.2) is 36.6 Å². The van der Waals surface area contributed by atoms with E-state index in [4.69, 9.17) is 0 Å². The second-order valence-corrected chi connectivity index (χ2v) is 8.11. The molecule has 0 radical (unpaired) electrons. The van der Waals surface area contributed by atoms with Gasteiger partial charge in [-0.2, -0.15) is 0 Å². The van der Waals surface area contributed by atoms with Crippen molar-refractivity contribution in [2.75, 3.05) is 19.6 Å². The van der Waals surface area contributed by atoms with Crippen molar-refractivity contribution >= 4 is 0 Å². The molecule has 1 heterocycles. The van der Waals surface area contributed by atoms with Gasteiger partial charge in [-0.25, -0.2) is 0 Å². The molecule has 1 aliphatic carbocycles. The molecule has 2 heteroatoms. The van der Waals surface area contributed by atoms with E-state index in [-0.39, 0.29) is 0 Å². The van der Waals surface area contributed by atoms with Gasteiger partial charge in [0.1, 0.15) is 0 Å². The van der Waals surface area contributed by atoms with Crippen LogP contribution in [0.4, 0.5) is 0 Å². The summed E-state index contributed by atoms with van der Waals surface area (Å²) >= 11 is 0. The van der Waals surface area contributed by atoms with Gasteiger partial charge in [0.05, 0.1) is 0 Å². The maximum atomic E-state index is 3.70. The average molecular weight is 280 g/mol. The lowest BCUT2D eigenvalue weighted by Gasteiger charge is -2.46.